The second-order valence-corrected chi connectivity index (χ2v) is 12.0. The zero-order chi connectivity index (χ0) is 29.8. The molecule has 0 aliphatic rings. The number of halogens is 2. The van der Waals surface area contributed by atoms with Gasteiger partial charge in [-0.3, -0.25) is 4.98 Å². The van der Waals surface area contributed by atoms with Crippen molar-refractivity contribution in [3.05, 3.63) is 108 Å². The van der Waals surface area contributed by atoms with Crippen LogP contribution in [-0.4, -0.2) is 9.55 Å². The van der Waals surface area contributed by atoms with Crippen molar-refractivity contribution in [2.75, 3.05) is 0 Å². The standard InChI is InChI=1S/C37H35F2N2O.Ir/c1-22(2)28-18-26(25-12-8-7-9-13-25)19-29(23(3)4)35(28)41-33-15-11-10-14-32(33)40-36(41)31-21-42-34-17-16-27(20-30(31)34)37(38,39)24(5)6;/h7-20,22-24H,1-6H3;/q-1;. The summed E-state index contributed by atoms with van der Waals surface area (Å²) in [5, 5.41) is 0.572. The minimum absolute atomic E-state index is 0. The van der Waals surface area contributed by atoms with Crippen molar-refractivity contribution < 1.29 is 33.3 Å². The molecule has 0 N–H and O–H groups in total. The van der Waals surface area contributed by atoms with Crippen LogP contribution < -0.4 is 0 Å². The van der Waals surface area contributed by atoms with E-state index in [2.05, 4.69) is 81.0 Å². The van der Waals surface area contributed by atoms with E-state index < -0.39 is 11.8 Å². The Bertz CT molecular complexity index is 1870. The molecule has 0 atom stereocenters. The number of benzene rings is 4. The van der Waals surface area contributed by atoms with Gasteiger partial charge in [0.1, 0.15) is 0 Å². The third-order valence-electron chi connectivity index (χ3n) is 8.15. The topological polar surface area (TPSA) is 31.0 Å². The van der Waals surface area contributed by atoms with Gasteiger partial charge in [-0.25, -0.2) is 8.78 Å². The van der Waals surface area contributed by atoms with Crippen molar-refractivity contribution in [1.29, 1.82) is 0 Å². The molecule has 0 saturated heterocycles. The molecular formula is C37H35F2IrN2O-. The number of hydrogen-bond donors (Lipinski definition) is 0. The van der Waals surface area contributed by atoms with Crippen LogP contribution >= 0.6 is 0 Å². The van der Waals surface area contributed by atoms with E-state index >= 15 is 8.78 Å². The number of rotatable bonds is 7. The first-order valence-corrected chi connectivity index (χ1v) is 14.6. The van der Waals surface area contributed by atoms with Crippen molar-refractivity contribution in [2.45, 2.75) is 59.3 Å². The van der Waals surface area contributed by atoms with Gasteiger partial charge in [0.25, 0.3) is 5.92 Å². The van der Waals surface area contributed by atoms with Crippen LogP contribution in [0.25, 0.3) is 50.2 Å². The summed E-state index contributed by atoms with van der Waals surface area (Å²) in [7, 11) is 0. The quantitative estimate of drug-likeness (QED) is 0.152. The van der Waals surface area contributed by atoms with Crippen LogP contribution in [0.4, 0.5) is 8.78 Å². The Labute approximate surface area is 265 Å². The molecule has 6 rings (SSSR count). The fraction of sp³-hybridized carbons (Fsp3) is 0.270. The Morgan fingerprint density at radius 2 is 1.40 bits per heavy atom. The van der Waals surface area contributed by atoms with Crippen molar-refractivity contribution in [2.24, 2.45) is 5.92 Å². The first kappa shape index (κ1) is 30.8. The molecule has 0 aliphatic heterocycles. The number of furan rings is 1. The molecular weight excluding hydrogens is 719 g/mol. The summed E-state index contributed by atoms with van der Waals surface area (Å²) in [5.74, 6) is -2.79. The molecule has 4 aromatic carbocycles. The Balaban J connectivity index is 0.00000368. The second kappa shape index (κ2) is 11.8. The summed E-state index contributed by atoms with van der Waals surface area (Å²) in [6.45, 7) is 11.9. The van der Waals surface area contributed by atoms with Gasteiger partial charge in [0.2, 0.25) is 0 Å². The number of hydrogen-bond acceptors (Lipinski definition) is 2. The third kappa shape index (κ3) is 5.36. The van der Waals surface area contributed by atoms with E-state index in [9.17, 15) is 0 Å². The van der Waals surface area contributed by atoms with E-state index in [-0.39, 0.29) is 37.5 Å². The predicted molar refractivity (Wildman–Crippen MR) is 167 cm³/mol. The zero-order valence-electron chi connectivity index (χ0n) is 25.2. The van der Waals surface area contributed by atoms with Crippen LogP contribution in [0.1, 0.15) is 70.1 Å². The Morgan fingerprint density at radius 1 is 0.767 bits per heavy atom. The van der Waals surface area contributed by atoms with Crippen molar-refractivity contribution in [1.82, 2.24) is 9.55 Å². The molecule has 0 bridgehead atoms. The average molecular weight is 754 g/mol. The monoisotopic (exact) mass is 754 g/mol. The Kier molecular flexibility index (Phi) is 8.48. The minimum Gasteiger partial charge on any atom is -0.557 e. The van der Waals surface area contributed by atoms with Gasteiger partial charge in [-0.1, -0.05) is 113 Å². The van der Waals surface area contributed by atoms with Gasteiger partial charge in [-0.2, -0.15) is 0 Å². The summed E-state index contributed by atoms with van der Waals surface area (Å²) in [6.07, 6.45) is 3.04. The van der Waals surface area contributed by atoms with E-state index in [0.717, 1.165) is 22.3 Å². The Hall–Kier alpha value is -3.60. The number of alkyl halides is 2. The van der Waals surface area contributed by atoms with Crippen LogP contribution in [0.3, 0.4) is 0 Å². The SMILES string of the molecule is CC(C)c1cc(-c2ccccc2)cc(C(C)C)c1-n1c(-c2[c-]oc3ccc(C(F)(F)C(C)C)cc23)nc2ccccc21.[Ir]. The summed E-state index contributed by atoms with van der Waals surface area (Å²) >= 11 is 0. The summed E-state index contributed by atoms with van der Waals surface area (Å²) in [4.78, 5) is 5.07. The van der Waals surface area contributed by atoms with Gasteiger partial charge in [0.15, 0.2) is 0 Å². The van der Waals surface area contributed by atoms with Crippen molar-refractivity contribution in [3.63, 3.8) is 0 Å². The van der Waals surface area contributed by atoms with Gasteiger partial charge in [0.05, 0.1) is 16.9 Å². The molecule has 0 unspecified atom stereocenters. The maximum Gasteiger partial charge on any atom is 0.274 e. The second-order valence-electron chi connectivity index (χ2n) is 12.0. The fourth-order valence-corrected chi connectivity index (χ4v) is 5.72. The molecule has 43 heavy (non-hydrogen) atoms. The average Bonchev–Trinajstić information content (AvgIpc) is 3.57. The molecule has 0 spiro atoms. The summed E-state index contributed by atoms with van der Waals surface area (Å²) < 4.78 is 38.3. The zero-order valence-corrected chi connectivity index (χ0v) is 27.6. The predicted octanol–water partition coefficient (Wildman–Crippen LogP) is 10.9. The van der Waals surface area contributed by atoms with Gasteiger partial charge in [-0.05, 0) is 58.4 Å². The number of aromatic nitrogens is 2. The smallest absolute Gasteiger partial charge is 0.274 e. The van der Waals surface area contributed by atoms with E-state index in [0.29, 0.717) is 22.4 Å². The number of nitrogens with zero attached hydrogens (tertiary/aromatic N) is 2. The molecule has 0 amide bonds. The van der Waals surface area contributed by atoms with Gasteiger partial charge < -0.3 is 8.98 Å². The van der Waals surface area contributed by atoms with E-state index in [1.807, 2.05) is 24.3 Å². The summed E-state index contributed by atoms with van der Waals surface area (Å²) in [6, 6.07) is 27.6. The van der Waals surface area contributed by atoms with Crippen molar-refractivity contribution in [3.8, 4) is 28.2 Å². The molecule has 223 valence electrons. The van der Waals surface area contributed by atoms with Gasteiger partial charge in [0, 0.05) is 49.1 Å². The number of fused-ring (bicyclic) bond motifs is 2. The van der Waals surface area contributed by atoms with Gasteiger partial charge >= 0.3 is 0 Å². The molecule has 3 nitrogen and oxygen atoms in total. The van der Waals surface area contributed by atoms with Crippen molar-refractivity contribution >= 4 is 22.0 Å². The van der Waals surface area contributed by atoms with E-state index in [1.165, 1.54) is 36.6 Å². The molecule has 6 aromatic rings. The fourth-order valence-electron chi connectivity index (χ4n) is 5.72. The maximum atomic E-state index is 15.2. The normalized spacial score (nSPS) is 12.2. The van der Waals surface area contributed by atoms with E-state index in [4.69, 9.17) is 9.40 Å². The first-order chi connectivity index (χ1) is 20.1. The maximum absolute atomic E-state index is 15.2. The molecule has 6 heteroatoms. The molecule has 2 aromatic heterocycles. The van der Waals surface area contributed by atoms with Crippen LogP contribution in [0.2, 0.25) is 0 Å². The van der Waals surface area contributed by atoms with E-state index in [1.54, 1.807) is 12.1 Å². The van der Waals surface area contributed by atoms with Crippen LogP contribution in [0.5, 0.6) is 0 Å². The van der Waals surface area contributed by atoms with Crippen LogP contribution in [0, 0.1) is 12.2 Å². The van der Waals surface area contributed by atoms with Crippen LogP contribution in [0.15, 0.2) is 89.3 Å². The third-order valence-corrected chi connectivity index (χ3v) is 8.15. The van der Waals surface area contributed by atoms with Crippen LogP contribution in [-0.2, 0) is 26.0 Å². The number of imidazole rings is 1. The Morgan fingerprint density at radius 3 is 2.02 bits per heavy atom. The molecule has 0 aliphatic carbocycles. The minimum atomic E-state index is -2.98. The molecule has 0 saturated carbocycles. The molecule has 0 fully saturated rings. The molecule has 1 radical (unpaired) electrons. The number of para-hydroxylation sites is 2. The molecule has 2 heterocycles. The van der Waals surface area contributed by atoms with Gasteiger partial charge in [-0.15, -0.1) is 0 Å². The first-order valence-electron chi connectivity index (χ1n) is 14.6. The largest absolute Gasteiger partial charge is 0.557 e. The summed E-state index contributed by atoms with van der Waals surface area (Å²) in [5.41, 5.74) is 8.55.